The lowest BCUT2D eigenvalue weighted by Crippen LogP contribution is -2.05. The molecule has 0 bridgehead atoms. The van der Waals surface area contributed by atoms with E-state index in [-0.39, 0.29) is 18.8 Å². The fourth-order valence-corrected chi connectivity index (χ4v) is 5.37. The van der Waals surface area contributed by atoms with E-state index < -0.39 is 0 Å². The van der Waals surface area contributed by atoms with Crippen LogP contribution >= 0.6 is 22.9 Å². The smallest absolute Gasteiger partial charge is 0.294 e. The minimum atomic E-state index is -0.0582. The molecule has 11 heteroatoms. The van der Waals surface area contributed by atoms with Crippen molar-refractivity contribution in [3.05, 3.63) is 88.6 Å². The van der Waals surface area contributed by atoms with Gasteiger partial charge in [-0.15, -0.1) is 5.10 Å². The van der Waals surface area contributed by atoms with E-state index in [4.69, 9.17) is 35.0 Å². The van der Waals surface area contributed by atoms with Gasteiger partial charge in [0.25, 0.3) is 5.19 Å². The summed E-state index contributed by atoms with van der Waals surface area (Å²) in [7, 11) is 4.70. The second-order valence-corrected chi connectivity index (χ2v) is 10.5. The van der Waals surface area contributed by atoms with Crippen LogP contribution < -0.4 is 18.9 Å². The monoisotopic (exact) mass is 589 g/mol. The molecule has 0 saturated heterocycles. The number of rotatable bonds is 10. The lowest BCUT2D eigenvalue weighted by molar-refractivity contribution is 0.0992. The third-order valence-corrected chi connectivity index (χ3v) is 7.54. The predicted octanol–water partition coefficient (Wildman–Crippen LogP) is 6.89. The van der Waals surface area contributed by atoms with Crippen LogP contribution in [0.3, 0.4) is 0 Å². The molecule has 0 saturated carbocycles. The molecule has 3 aromatic carbocycles. The van der Waals surface area contributed by atoms with Gasteiger partial charge in [-0.1, -0.05) is 35.9 Å². The number of fused-ring (bicyclic) bond motifs is 2. The number of carbonyl (C=O) groups is 1. The number of furan rings is 1. The number of halogens is 1. The summed E-state index contributed by atoms with van der Waals surface area (Å²) in [6.07, 6.45) is 2.00. The second kappa shape index (κ2) is 11.1. The maximum atomic E-state index is 12.9. The fraction of sp³-hybridized carbons (Fsp3) is 0.167. The highest BCUT2D eigenvalue weighted by Crippen LogP contribution is 2.37. The summed E-state index contributed by atoms with van der Waals surface area (Å²) >= 11 is 7.49. The van der Waals surface area contributed by atoms with Gasteiger partial charge < -0.3 is 23.4 Å². The Kier molecular flexibility index (Phi) is 7.25. The molecule has 0 amide bonds. The molecule has 9 nitrogen and oxygen atoms in total. The van der Waals surface area contributed by atoms with E-state index >= 15 is 0 Å². The molecule has 0 atom stereocenters. The maximum Gasteiger partial charge on any atom is 0.294 e. The molecule has 3 heterocycles. The number of ether oxygens (including phenoxy) is 4. The Hall–Kier alpha value is -4.54. The molecule has 0 aliphatic heterocycles. The summed E-state index contributed by atoms with van der Waals surface area (Å²) in [5.41, 5.74) is 3.52. The van der Waals surface area contributed by atoms with Crippen LogP contribution in [0.1, 0.15) is 21.5 Å². The Labute approximate surface area is 243 Å². The first-order valence-corrected chi connectivity index (χ1v) is 13.7. The molecule has 0 radical (unpaired) electrons. The summed E-state index contributed by atoms with van der Waals surface area (Å²) in [5.74, 6) is 2.26. The zero-order chi connectivity index (χ0) is 28.5. The van der Waals surface area contributed by atoms with Crippen LogP contribution in [0.5, 0.6) is 22.4 Å². The van der Waals surface area contributed by atoms with Gasteiger partial charge in [-0.3, -0.25) is 4.79 Å². The molecular formula is C30H24ClN3O6S. The first kappa shape index (κ1) is 26.7. The number of ketones is 1. The van der Waals surface area contributed by atoms with Crippen molar-refractivity contribution in [1.29, 1.82) is 0 Å². The standard InChI is InChI=1S/C30H24ClN3O6S/c1-36-21-10-19(9-20(31)11-21)25(35)8-17-5-4-6-18(7-17)16-39-26-12-22(37-2)13-27-23(26)14-28(40-27)24-15-34-29(32-24)41-30(33-34)38-3/h4-7,9-15H,8,16H2,1-3H3. The van der Waals surface area contributed by atoms with E-state index in [0.29, 0.717) is 55.0 Å². The van der Waals surface area contributed by atoms with Crippen molar-refractivity contribution >= 4 is 44.7 Å². The average molecular weight is 590 g/mol. The lowest BCUT2D eigenvalue weighted by Gasteiger charge is -2.10. The van der Waals surface area contributed by atoms with Crippen LogP contribution in [0.4, 0.5) is 0 Å². The summed E-state index contributed by atoms with van der Waals surface area (Å²) in [6.45, 7) is 0.278. The summed E-state index contributed by atoms with van der Waals surface area (Å²) in [4.78, 5) is 18.3. The van der Waals surface area contributed by atoms with E-state index in [1.807, 2.05) is 42.5 Å². The Morgan fingerprint density at radius 2 is 1.78 bits per heavy atom. The number of benzene rings is 3. The van der Waals surface area contributed by atoms with Crippen molar-refractivity contribution < 1.29 is 28.2 Å². The number of carbonyl (C=O) groups excluding carboxylic acids is 1. The average Bonchev–Trinajstić information content (AvgIpc) is 3.68. The maximum absolute atomic E-state index is 12.9. The first-order chi connectivity index (χ1) is 19.9. The Balaban J connectivity index is 1.22. The van der Waals surface area contributed by atoms with Gasteiger partial charge in [-0.2, -0.15) is 0 Å². The van der Waals surface area contributed by atoms with Gasteiger partial charge in [0.05, 0.1) is 32.9 Å². The molecule has 3 aromatic heterocycles. The molecule has 0 N–H and O–H groups in total. The topological polar surface area (TPSA) is 97.3 Å². The van der Waals surface area contributed by atoms with Gasteiger partial charge in [-0.25, -0.2) is 9.50 Å². The summed E-state index contributed by atoms with van der Waals surface area (Å²) in [6, 6.07) is 18.2. The third-order valence-electron chi connectivity index (χ3n) is 6.44. The largest absolute Gasteiger partial charge is 0.497 e. The van der Waals surface area contributed by atoms with Crippen molar-refractivity contribution in [2.75, 3.05) is 21.3 Å². The highest BCUT2D eigenvalue weighted by molar-refractivity contribution is 7.18. The molecule has 6 rings (SSSR count). The van der Waals surface area contributed by atoms with Gasteiger partial charge in [0, 0.05) is 29.1 Å². The van der Waals surface area contributed by atoms with Crippen molar-refractivity contribution in [2.45, 2.75) is 13.0 Å². The van der Waals surface area contributed by atoms with E-state index in [0.717, 1.165) is 16.5 Å². The van der Waals surface area contributed by atoms with Gasteiger partial charge in [0.1, 0.15) is 35.1 Å². The van der Waals surface area contributed by atoms with Gasteiger partial charge >= 0.3 is 0 Å². The van der Waals surface area contributed by atoms with Crippen LogP contribution in [0, 0.1) is 0 Å². The van der Waals surface area contributed by atoms with E-state index in [1.54, 1.807) is 50.2 Å². The molecular weight excluding hydrogens is 566 g/mol. The Morgan fingerprint density at radius 1 is 0.976 bits per heavy atom. The Morgan fingerprint density at radius 3 is 2.56 bits per heavy atom. The van der Waals surface area contributed by atoms with Gasteiger partial charge in [0.2, 0.25) is 4.96 Å². The van der Waals surface area contributed by atoms with Crippen LogP contribution in [-0.2, 0) is 13.0 Å². The number of methoxy groups -OCH3 is 3. The van der Waals surface area contributed by atoms with Crippen LogP contribution in [0.25, 0.3) is 27.4 Å². The van der Waals surface area contributed by atoms with Crippen LogP contribution in [-0.4, -0.2) is 41.7 Å². The summed E-state index contributed by atoms with van der Waals surface area (Å²) in [5, 5.41) is 6.09. The van der Waals surface area contributed by atoms with Gasteiger partial charge in [0.15, 0.2) is 11.5 Å². The normalized spacial score (nSPS) is 11.2. The highest BCUT2D eigenvalue weighted by Gasteiger charge is 2.17. The molecule has 208 valence electrons. The van der Waals surface area contributed by atoms with Crippen molar-refractivity contribution in [3.63, 3.8) is 0 Å². The molecule has 0 unspecified atom stereocenters. The lowest BCUT2D eigenvalue weighted by atomic mass is 10.0. The third kappa shape index (κ3) is 5.57. The first-order valence-electron chi connectivity index (χ1n) is 12.5. The summed E-state index contributed by atoms with van der Waals surface area (Å²) < 4.78 is 29.9. The van der Waals surface area contributed by atoms with E-state index in [2.05, 4.69) is 10.1 Å². The van der Waals surface area contributed by atoms with Crippen molar-refractivity contribution in [2.24, 2.45) is 0 Å². The Bertz CT molecular complexity index is 1860. The number of hydrogen-bond acceptors (Lipinski definition) is 9. The van der Waals surface area contributed by atoms with Crippen LogP contribution in [0.15, 0.2) is 71.3 Å². The zero-order valence-corrected chi connectivity index (χ0v) is 23.9. The number of aromatic nitrogens is 3. The highest BCUT2D eigenvalue weighted by atomic mass is 35.5. The van der Waals surface area contributed by atoms with Crippen LogP contribution in [0.2, 0.25) is 5.02 Å². The van der Waals surface area contributed by atoms with E-state index in [9.17, 15) is 4.79 Å². The molecule has 0 fully saturated rings. The van der Waals surface area contributed by atoms with Gasteiger partial charge in [-0.05, 0) is 46.7 Å². The van der Waals surface area contributed by atoms with E-state index in [1.165, 1.54) is 11.3 Å². The van der Waals surface area contributed by atoms with Crippen molar-refractivity contribution in [3.8, 4) is 33.9 Å². The fourth-order valence-electron chi connectivity index (χ4n) is 4.45. The minimum Gasteiger partial charge on any atom is -0.497 e. The number of imidazole rings is 1. The van der Waals surface area contributed by atoms with Crippen molar-refractivity contribution in [1.82, 2.24) is 14.6 Å². The SMILES string of the molecule is COc1cc(Cl)cc(C(=O)Cc2cccc(COc3cc(OC)cc4oc(-c5cn6nc(OC)sc6n5)cc34)c2)c1. The number of nitrogens with zero attached hydrogens (tertiary/aromatic N) is 3. The molecule has 0 aliphatic carbocycles. The minimum absolute atomic E-state index is 0.0582. The predicted molar refractivity (Wildman–Crippen MR) is 156 cm³/mol. The zero-order valence-electron chi connectivity index (χ0n) is 22.3. The number of hydrogen-bond donors (Lipinski definition) is 0. The quantitative estimate of drug-likeness (QED) is 0.159. The molecule has 0 aliphatic rings. The molecule has 6 aromatic rings. The molecule has 41 heavy (non-hydrogen) atoms. The number of Topliss-reactive ketones (excluding diaryl/α,β-unsaturated/α-hetero) is 1. The molecule has 0 spiro atoms. The second-order valence-electron chi connectivity index (χ2n) is 9.16.